The molecule has 0 bridgehead atoms. The highest BCUT2D eigenvalue weighted by Crippen LogP contribution is 2.45. The Morgan fingerprint density at radius 1 is 1.22 bits per heavy atom. The first kappa shape index (κ1) is 23.1. The van der Waals surface area contributed by atoms with Crippen LogP contribution in [0.1, 0.15) is 44.7 Å². The van der Waals surface area contributed by atoms with Crippen LogP contribution >= 0.6 is 7.37 Å². The van der Waals surface area contributed by atoms with Crippen LogP contribution in [-0.2, 0) is 20.6 Å². The fourth-order valence-corrected chi connectivity index (χ4v) is 4.99. The number of benzene rings is 1. The van der Waals surface area contributed by atoms with E-state index in [1.165, 1.54) is 5.56 Å². The number of hydrogen-bond acceptors (Lipinski definition) is 3. The monoisotopic (exact) mass is 395 g/mol. The van der Waals surface area contributed by atoms with Crippen molar-refractivity contribution < 1.29 is 24.2 Å². The normalized spacial score (nSPS) is 15.4. The van der Waals surface area contributed by atoms with Crippen LogP contribution in [0.3, 0.4) is 0 Å². The van der Waals surface area contributed by atoms with Crippen LogP contribution in [0.25, 0.3) is 6.08 Å². The van der Waals surface area contributed by atoms with Gasteiger partial charge in [0.1, 0.15) is 0 Å². The third-order valence-corrected chi connectivity index (χ3v) is 6.13. The Morgan fingerprint density at radius 3 is 2.30 bits per heavy atom. The first-order chi connectivity index (χ1) is 12.5. The lowest BCUT2D eigenvalue weighted by Gasteiger charge is -2.17. The molecular weight excluding hydrogens is 365 g/mol. The maximum absolute atomic E-state index is 12.5. The molecule has 0 fully saturated rings. The van der Waals surface area contributed by atoms with Crippen molar-refractivity contribution in [2.75, 3.05) is 12.3 Å². The highest BCUT2D eigenvalue weighted by Gasteiger charge is 2.29. The van der Waals surface area contributed by atoms with Crippen molar-refractivity contribution in [2.45, 2.75) is 40.0 Å². The third-order valence-electron chi connectivity index (χ3n) is 4.13. The van der Waals surface area contributed by atoms with Crippen molar-refractivity contribution in [1.29, 1.82) is 0 Å². The average molecular weight is 395 g/mol. The Labute approximate surface area is 160 Å². The number of nitrogens with two attached hydrogens (primary N) is 1. The van der Waals surface area contributed by atoms with Gasteiger partial charge in [0.2, 0.25) is 13.3 Å². The highest BCUT2D eigenvalue weighted by molar-refractivity contribution is 7.58. The molecule has 150 valence electrons. The van der Waals surface area contributed by atoms with Crippen LogP contribution in [0.4, 0.5) is 0 Å². The summed E-state index contributed by atoms with van der Waals surface area (Å²) in [5.74, 6) is -2.29. The predicted molar refractivity (Wildman–Crippen MR) is 108 cm³/mol. The van der Waals surface area contributed by atoms with Crippen molar-refractivity contribution in [3.8, 4) is 0 Å². The van der Waals surface area contributed by atoms with Gasteiger partial charge in [-0.25, -0.2) is 0 Å². The lowest BCUT2D eigenvalue weighted by Crippen LogP contribution is -2.22. The van der Waals surface area contributed by atoms with E-state index in [4.69, 9.17) is 5.73 Å². The maximum Gasteiger partial charge on any atom is 0.307 e. The summed E-state index contributed by atoms with van der Waals surface area (Å²) in [6, 6.07) is 8.02. The number of primary amides is 1. The molecule has 4 N–H and O–H groups in total. The summed E-state index contributed by atoms with van der Waals surface area (Å²) in [6.45, 7) is 6.07. The molecule has 27 heavy (non-hydrogen) atoms. The van der Waals surface area contributed by atoms with Crippen LogP contribution < -0.4 is 5.73 Å². The van der Waals surface area contributed by atoms with Gasteiger partial charge in [0.05, 0.1) is 5.92 Å². The average Bonchev–Trinajstić information content (AvgIpc) is 2.51. The summed E-state index contributed by atoms with van der Waals surface area (Å²) in [5, 5.41) is 9.21. The van der Waals surface area contributed by atoms with Gasteiger partial charge in [-0.05, 0) is 36.8 Å². The van der Waals surface area contributed by atoms with Crippen molar-refractivity contribution in [1.82, 2.24) is 0 Å². The van der Waals surface area contributed by atoms with E-state index in [1.54, 1.807) is 6.92 Å². The van der Waals surface area contributed by atoms with Gasteiger partial charge in [-0.3, -0.25) is 14.2 Å². The van der Waals surface area contributed by atoms with E-state index in [1.807, 2.05) is 30.3 Å². The van der Waals surface area contributed by atoms with E-state index in [9.17, 15) is 24.2 Å². The van der Waals surface area contributed by atoms with E-state index in [2.05, 4.69) is 13.8 Å². The number of amides is 1. The Bertz CT molecular complexity index is 724. The second-order valence-electron chi connectivity index (χ2n) is 7.56. The summed E-state index contributed by atoms with van der Waals surface area (Å²) >= 11 is 0. The molecule has 1 amide bonds. The van der Waals surface area contributed by atoms with Crippen molar-refractivity contribution in [3.05, 3.63) is 41.0 Å². The number of rotatable bonds is 11. The minimum atomic E-state index is -3.69. The van der Waals surface area contributed by atoms with Crippen LogP contribution in [-0.4, -0.2) is 34.2 Å². The molecule has 0 aliphatic heterocycles. The number of allylic oxidation sites excluding steroid dienone is 1. The Kier molecular flexibility index (Phi) is 8.94. The third kappa shape index (κ3) is 9.55. The first-order valence-electron chi connectivity index (χ1n) is 9.06. The lowest BCUT2D eigenvalue weighted by molar-refractivity contribution is -0.141. The zero-order valence-corrected chi connectivity index (χ0v) is 17.1. The van der Waals surface area contributed by atoms with Gasteiger partial charge < -0.3 is 15.7 Å². The number of carbonyl (C=O) groups excluding carboxylic acids is 1. The number of hydrogen-bond donors (Lipinski definition) is 3. The van der Waals surface area contributed by atoms with Gasteiger partial charge in [-0.1, -0.05) is 49.8 Å². The highest BCUT2D eigenvalue weighted by atomic mass is 31.2. The molecule has 1 rings (SSSR count). The quantitative estimate of drug-likeness (QED) is 0.496. The van der Waals surface area contributed by atoms with Gasteiger partial charge in [0, 0.05) is 18.7 Å². The molecule has 0 saturated carbocycles. The predicted octanol–water partition coefficient (Wildman–Crippen LogP) is 3.53. The Morgan fingerprint density at radius 2 is 1.81 bits per heavy atom. The molecule has 0 radical (unpaired) electrons. The van der Waals surface area contributed by atoms with Gasteiger partial charge in [0.25, 0.3) is 0 Å². The standard InChI is InChI=1S/C20H30NO5P/c1-14(2)10-16-4-6-17(7-5-16)11-15(3)12-27(25,26)13-18(20(23)24)8-9-19(21)22/h4-7,11,14,18H,8-10,12-13H2,1-3H3,(H2,21,22)(H,23,24)(H,25,26)/b15-11+. The number of carboxylic acid groups (broad SMARTS) is 1. The summed E-state index contributed by atoms with van der Waals surface area (Å²) < 4.78 is 12.5. The van der Waals surface area contributed by atoms with E-state index < -0.39 is 25.2 Å². The molecule has 1 aromatic rings. The van der Waals surface area contributed by atoms with Crippen LogP contribution in [0.5, 0.6) is 0 Å². The number of carbonyl (C=O) groups is 2. The summed E-state index contributed by atoms with van der Waals surface area (Å²) in [4.78, 5) is 32.3. The lowest BCUT2D eigenvalue weighted by atomic mass is 10.0. The minimum absolute atomic E-state index is 0.0324. The topological polar surface area (TPSA) is 118 Å². The number of aliphatic carboxylic acids is 1. The molecule has 0 saturated heterocycles. The van der Waals surface area contributed by atoms with E-state index in [0.29, 0.717) is 11.5 Å². The van der Waals surface area contributed by atoms with Crippen molar-refractivity contribution in [3.63, 3.8) is 0 Å². The molecule has 2 unspecified atom stereocenters. The maximum atomic E-state index is 12.5. The van der Waals surface area contributed by atoms with E-state index in [0.717, 1.165) is 12.0 Å². The molecule has 1 aromatic carbocycles. The second kappa shape index (κ2) is 10.4. The summed E-state index contributed by atoms with van der Waals surface area (Å²) in [6.07, 6.45) is 2.23. The minimum Gasteiger partial charge on any atom is -0.481 e. The van der Waals surface area contributed by atoms with Crippen molar-refractivity contribution in [2.24, 2.45) is 17.6 Å². The molecular formula is C20H30NO5P. The van der Waals surface area contributed by atoms with Crippen LogP contribution in [0, 0.1) is 11.8 Å². The first-order valence-corrected chi connectivity index (χ1v) is 11.1. The zero-order chi connectivity index (χ0) is 20.6. The smallest absolute Gasteiger partial charge is 0.307 e. The summed E-state index contributed by atoms with van der Waals surface area (Å²) in [5.41, 5.74) is 7.92. The molecule has 6 nitrogen and oxygen atoms in total. The molecule has 7 heteroatoms. The summed E-state index contributed by atoms with van der Waals surface area (Å²) in [7, 11) is -3.69. The Balaban J connectivity index is 2.75. The Hall–Kier alpha value is -1.91. The van der Waals surface area contributed by atoms with Crippen LogP contribution in [0.15, 0.2) is 29.8 Å². The molecule has 0 aliphatic carbocycles. The van der Waals surface area contributed by atoms with Crippen molar-refractivity contribution >= 4 is 25.3 Å². The van der Waals surface area contributed by atoms with E-state index >= 15 is 0 Å². The van der Waals surface area contributed by atoms with E-state index in [-0.39, 0.29) is 25.2 Å². The largest absolute Gasteiger partial charge is 0.481 e. The molecule has 0 aromatic heterocycles. The fraction of sp³-hybridized carbons (Fsp3) is 0.500. The fourth-order valence-electron chi connectivity index (χ4n) is 2.96. The van der Waals surface area contributed by atoms with Gasteiger partial charge >= 0.3 is 5.97 Å². The second-order valence-corrected chi connectivity index (χ2v) is 9.93. The van der Waals surface area contributed by atoms with Crippen LogP contribution in [0.2, 0.25) is 0 Å². The SMILES string of the molecule is C/C(=C\c1ccc(CC(C)C)cc1)CP(=O)(O)CC(CCC(N)=O)C(=O)O. The molecule has 0 heterocycles. The van der Waals surface area contributed by atoms with Gasteiger partial charge in [-0.2, -0.15) is 0 Å². The molecule has 0 spiro atoms. The number of carboxylic acids is 1. The van der Waals surface area contributed by atoms with Gasteiger partial charge in [-0.15, -0.1) is 0 Å². The zero-order valence-electron chi connectivity index (χ0n) is 16.2. The molecule has 2 atom stereocenters. The van der Waals surface area contributed by atoms with Gasteiger partial charge in [0.15, 0.2) is 0 Å². The molecule has 0 aliphatic rings.